The normalized spacial score (nSPS) is 12.6. The van der Waals surface area contributed by atoms with Gasteiger partial charge in [0.05, 0.1) is 5.69 Å². The molecule has 0 aliphatic carbocycles. The van der Waals surface area contributed by atoms with Gasteiger partial charge in [0.15, 0.2) is 5.75 Å². The standard InChI is InChI=1S/C15H22N2O4/c1-9(15(2,3)4)17(5)14(21)16-11-8-6-7-10(12(11)18)13(19)20/h6-9,18H,1-5H3,(H,16,21)(H,19,20). The van der Waals surface area contributed by atoms with Gasteiger partial charge in [-0.1, -0.05) is 26.8 Å². The van der Waals surface area contributed by atoms with Crippen LogP contribution in [0.3, 0.4) is 0 Å². The molecule has 0 radical (unpaired) electrons. The molecule has 6 nitrogen and oxygen atoms in total. The number of nitrogens with one attached hydrogen (secondary N) is 1. The minimum atomic E-state index is -1.25. The third kappa shape index (κ3) is 3.87. The molecule has 0 saturated heterocycles. The SMILES string of the molecule is CC(N(C)C(=O)Nc1cccc(C(=O)O)c1O)C(C)(C)C. The maximum absolute atomic E-state index is 12.2. The summed E-state index contributed by atoms with van der Waals surface area (Å²) in [5, 5.41) is 21.4. The molecule has 21 heavy (non-hydrogen) atoms. The van der Waals surface area contributed by atoms with Crippen molar-refractivity contribution < 1.29 is 19.8 Å². The summed E-state index contributed by atoms with van der Waals surface area (Å²) in [6, 6.07) is 3.74. The molecule has 1 unspecified atom stereocenters. The number of carboxylic acid groups (broad SMARTS) is 1. The van der Waals surface area contributed by atoms with Crippen LogP contribution in [0, 0.1) is 5.41 Å². The predicted octanol–water partition coefficient (Wildman–Crippen LogP) is 2.99. The lowest BCUT2D eigenvalue weighted by Gasteiger charge is -2.35. The van der Waals surface area contributed by atoms with Crippen LogP contribution in [0.25, 0.3) is 0 Å². The van der Waals surface area contributed by atoms with Crippen molar-refractivity contribution in [1.29, 1.82) is 0 Å². The van der Waals surface area contributed by atoms with Crippen molar-refractivity contribution in [3.05, 3.63) is 23.8 Å². The summed E-state index contributed by atoms with van der Waals surface area (Å²) in [5.41, 5.74) is -0.274. The van der Waals surface area contributed by atoms with E-state index < -0.39 is 17.7 Å². The Balaban J connectivity index is 2.94. The fraction of sp³-hybridized carbons (Fsp3) is 0.467. The van der Waals surface area contributed by atoms with E-state index in [1.807, 2.05) is 27.7 Å². The number of phenols is 1. The Kier molecular flexibility index (Phi) is 4.83. The topological polar surface area (TPSA) is 89.9 Å². The van der Waals surface area contributed by atoms with Crippen molar-refractivity contribution in [3.8, 4) is 5.75 Å². The van der Waals surface area contributed by atoms with E-state index in [-0.39, 0.29) is 22.7 Å². The van der Waals surface area contributed by atoms with Gasteiger partial charge in [-0.15, -0.1) is 0 Å². The lowest BCUT2D eigenvalue weighted by atomic mass is 9.87. The Morgan fingerprint density at radius 2 is 1.86 bits per heavy atom. The van der Waals surface area contributed by atoms with Crippen LogP contribution in [0.15, 0.2) is 18.2 Å². The second kappa shape index (κ2) is 6.03. The lowest BCUT2D eigenvalue weighted by molar-refractivity contribution is 0.0693. The first-order valence-corrected chi connectivity index (χ1v) is 6.64. The smallest absolute Gasteiger partial charge is 0.339 e. The number of para-hydroxylation sites is 1. The van der Waals surface area contributed by atoms with Crippen LogP contribution in [0.4, 0.5) is 10.5 Å². The van der Waals surface area contributed by atoms with Gasteiger partial charge in [-0.05, 0) is 24.5 Å². The van der Waals surface area contributed by atoms with Crippen molar-refractivity contribution in [3.63, 3.8) is 0 Å². The zero-order chi connectivity index (χ0) is 16.4. The molecule has 1 aromatic rings. The van der Waals surface area contributed by atoms with Crippen molar-refractivity contribution in [1.82, 2.24) is 4.90 Å². The molecule has 0 aliphatic rings. The number of carbonyl (C=O) groups is 2. The van der Waals surface area contributed by atoms with E-state index in [1.54, 1.807) is 7.05 Å². The Labute approximate surface area is 124 Å². The monoisotopic (exact) mass is 294 g/mol. The molecule has 0 aromatic heterocycles. The van der Waals surface area contributed by atoms with Crippen LogP contribution in [0.5, 0.6) is 5.75 Å². The van der Waals surface area contributed by atoms with Gasteiger partial charge in [-0.25, -0.2) is 9.59 Å². The Morgan fingerprint density at radius 1 is 1.29 bits per heavy atom. The van der Waals surface area contributed by atoms with Gasteiger partial charge in [0.25, 0.3) is 0 Å². The van der Waals surface area contributed by atoms with Gasteiger partial charge in [0.2, 0.25) is 0 Å². The third-order valence-electron chi connectivity index (χ3n) is 3.66. The summed E-state index contributed by atoms with van der Waals surface area (Å²) in [6.07, 6.45) is 0. The van der Waals surface area contributed by atoms with Gasteiger partial charge < -0.3 is 20.4 Å². The van der Waals surface area contributed by atoms with Crippen molar-refractivity contribution in [2.24, 2.45) is 5.41 Å². The van der Waals surface area contributed by atoms with E-state index in [0.717, 1.165) is 0 Å². The second-order valence-electron chi connectivity index (χ2n) is 6.09. The number of nitrogens with zero attached hydrogens (tertiary/aromatic N) is 1. The first-order valence-electron chi connectivity index (χ1n) is 6.64. The highest BCUT2D eigenvalue weighted by Crippen LogP contribution is 2.28. The highest BCUT2D eigenvalue weighted by Gasteiger charge is 2.27. The molecular weight excluding hydrogens is 272 g/mol. The Morgan fingerprint density at radius 3 is 2.33 bits per heavy atom. The van der Waals surface area contributed by atoms with E-state index >= 15 is 0 Å². The number of carbonyl (C=O) groups excluding carboxylic acids is 1. The lowest BCUT2D eigenvalue weighted by Crippen LogP contribution is -2.44. The molecule has 1 aromatic carbocycles. The van der Waals surface area contributed by atoms with Crippen LogP contribution in [-0.4, -0.2) is 40.2 Å². The summed E-state index contributed by atoms with van der Waals surface area (Å²) in [7, 11) is 1.66. The fourth-order valence-corrected chi connectivity index (χ4v) is 1.78. The fourth-order valence-electron chi connectivity index (χ4n) is 1.78. The number of rotatable bonds is 3. The molecule has 0 heterocycles. The van der Waals surface area contributed by atoms with Crippen molar-refractivity contribution in [2.75, 3.05) is 12.4 Å². The van der Waals surface area contributed by atoms with Crippen LogP contribution in [0.1, 0.15) is 38.1 Å². The van der Waals surface area contributed by atoms with Crippen LogP contribution >= 0.6 is 0 Å². The molecule has 116 valence electrons. The van der Waals surface area contributed by atoms with Gasteiger partial charge in [0.1, 0.15) is 5.56 Å². The number of anilines is 1. The van der Waals surface area contributed by atoms with Crippen LogP contribution in [-0.2, 0) is 0 Å². The Bertz CT molecular complexity index is 549. The highest BCUT2D eigenvalue weighted by molar-refractivity contribution is 5.97. The number of benzene rings is 1. The van der Waals surface area contributed by atoms with Crippen molar-refractivity contribution in [2.45, 2.75) is 33.7 Å². The Hall–Kier alpha value is -2.24. The molecule has 1 rings (SSSR count). The van der Waals surface area contributed by atoms with Gasteiger partial charge in [-0.3, -0.25) is 0 Å². The summed E-state index contributed by atoms with van der Waals surface area (Å²) in [4.78, 5) is 24.7. The molecule has 2 amide bonds. The largest absolute Gasteiger partial charge is 0.505 e. The molecule has 0 fully saturated rings. The maximum atomic E-state index is 12.2. The zero-order valence-electron chi connectivity index (χ0n) is 13.0. The quantitative estimate of drug-likeness (QED) is 0.747. The number of hydrogen-bond acceptors (Lipinski definition) is 3. The third-order valence-corrected chi connectivity index (χ3v) is 3.66. The van der Waals surface area contributed by atoms with E-state index in [0.29, 0.717) is 0 Å². The number of aromatic hydroxyl groups is 1. The summed E-state index contributed by atoms with van der Waals surface area (Å²) >= 11 is 0. The predicted molar refractivity (Wildman–Crippen MR) is 80.8 cm³/mol. The number of carboxylic acids is 1. The number of amides is 2. The molecule has 0 saturated carbocycles. The van der Waals surface area contributed by atoms with Gasteiger partial charge in [0, 0.05) is 13.1 Å². The van der Waals surface area contributed by atoms with Crippen LogP contribution < -0.4 is 5.32 Å². The van der Waals surface area contributed by atoms with Gasteiger partial charge in [-0.2, -0.15) is 0 Å². The molecule has 3 N–H and O–H groups in total. The van der Waals surface area contributed by atoms with E-state index in [1.165, 1.54) is 23.1 Å². The summed E-state index contributed by atoms with van der Waals surface area (Å²) < 4.78 is 0. The first kappa shape index (κ1) is 16.8. The van der Waals surface area contributed by atoms with E-state index in [9.17, 15) is 14.7 Å². The minimum absolute atomic E-state index is 0.0395. The molecule has 0 aliphatic heterocycles. The minimum Gasteiger partial charge on any atom is -0.505 e. The molecular formula is C15H22N2O4. The average Bonchev–Trinajstić information content (AvgIpc) is 2.37. The highest BCUT2D eigenvalue weighted by atomic mass is 16.4. The average molecular weight is 294 g/mol. The molecule has 0 bridgehead atoms. The van der Waals surface area contributed by atoms with Gasteiger partial charge >= 0.3 is 12.0 Å². The number of hydrogen-bond donors (Lipinski definition) is 3. The molecule has 6 heteroatoms. The van der Waals surface area contributed by atoms with Crippen molar-refractivity contribution >= 4 is 17.7 Å². The number of aromatic carboxylic acids is 1. The van der Waals surface area contributed by atoms with Crippen LogP contribution in [0.2, 0.25) is 0 Å². The van der Waals surface area contributed by atoms with E-state index in [4.69, 9.17) is 5.11 Å². The molecule has 0 spiro atoms. The summed E-state index contributed by atoms with van der Waals surface area (Å²) in [5.74, 6) is -1.70. The second-order valence-corrected chi connectivity index (χ2v) is 6.09. The summed E-state index contributed by atoms with van der Waals surface area (Å²) in [6.45, 7) is 7.98. The zero-order valence-corrected chi connectivity index (χ0v) is 13.0. The first-order chi connectivity index (χ1) is 9.55. The van der Waals surface area contributed by atoms with E-state index in [2.05, 4.69) is 5.32 Å². The number of urea groups is 1. The maximum Gasteiger partial charge on any atom is 0.339 e. The molecule has 1 atom stereocenters.